The first-order chi connectivity index (χ1) is 15.7. The lowest BCUT2D eigenvalue weighted by atomic mass is 10.0. The molecular weight excluding hydrogens is 420 g/mol. The lowest BCUT2D eigenvalue weighted by Crippen LogP contribution is -2.04. The van der Waals surface area contributed by atoms with Crippen molar-refractivity contribution in [2.45, 2.75) is 20.0 Å². The van der Waals surface area contributed by atoms with E-state index >= 15 is 0 Å². The number of aliphatic hydroxyl groups is 1. The molecule has 0 atom stereocenters. The number of aryl methyl sites for hydroxylation is 1. The molecule has 5 aromatic rings. The molecule has 5 rings (SSSR count). The van der Waals surface area contributed by atoms with Crippen molar-refractivity contribution in [2.75, 3.05) is 6.54 Å². The smallest absolute Gasteiger partial charge is 0.154 e. The van der Waals surface area contributed by atoms with Crippen LogP contribution >= 0.6 is 11.3 Å². The van der Waals surface area contributed by atoms with Crippen LogP contribution in [0.4, 0.5) is 0 Å². The van der Waals surface area contributed by atoms with Gasteiger partial charge in [0.15, 0.2) is 5.82 Å². The van der Waals surface area contributed by atoms with Crippen LogP contribution in [0.1, 0.15) is 17.1 Å². The number of rotatable bonds is 6. The average Bonchev–Trinajstić information content (AvgIpc) is 3.45. The molecule has 1 aromatic carbocycles. The van der Waals surface area contributed by atoms with E-state index in [4.69, 9.17) is 15.7 Å². The molecule has 3 N–H and O–H groups in total. The molecule has 0 spiro atoms. The van der Waals surface area contributed by atoms with Crippen LogP contribution in [0.15, 0.2) is 60.1 Å². The number of aromatic nitrogens is 5. The lowest BCUT2D eigenvalue weighted by molar-refractivity contribution is 0.276. The second-order valence-corrected chi connectivity index (χ2v) is 8.36. The molecule has 0 bridgehead atoms. The van der Waals surface area contributed by atoms with E-state index in [9.17, 15) is 5.11 Å². The number of pyridine rings is 2. The molecule has 0 fully saturated rings. The van der Waals surface area contributed by atoms with Crippen molar-refractivity contribution in [3.8, 4) is 27.6 Å². The highest BCUT2D eigenvalue weighted by Gasteiger charge is 2.16. The Morgan fingerprint density at radius 3 is 2.66 bits per heavy atom. The van der Waals surface area contributed by atoms with Gasteiger partial charge in [-0.05, 0) is 49.9 Å². The predicted molar refractivity (Wildman–Crippen MR) is 127 cm³/mol. The molecule has 0 aliphatic carbocycles. The van der Waals surface area contributed by atoms with Gasteiger partial charge in [-0.3, -0.25) is 4.98 Å². The van der Waals surface area contributed by atoms with Crippen molar-refractivity contribution < 1.29 is 5.11 Å². The summed E-state index contributed by atoms with van der Waals surface area (Å²) in [6, 6.07) is 15.7. The second-order valence-electron chi connectivity index (χ2n) is 7.51. The molecular formula is C24H22N6OS. The Morgan fingerprint density at radius 2 is 1.88 bits per heavy atom. The van der Waals surface area contributed by atoms with Crippen molar-refractivity contribution in [1.82, 2.24) is 24.7 Å². The highest BCUT2D eigenvalue weighted by molar-refractivity contribution is 7.13. The van der Waals surface area contributed by atoms with E-state index in [2.05, 4.69) is 22.2 Å². The normalized spacial score (nSPS) is 11.3. The minimum absolute atomic E-state index is 0.125. The second kappa shape index (κ2) is 8.58. The van der Waals surface area contributed by atoms with Gasteiger partial charge >= 0.3 is 0 Å². The molecule has 0 radical (unpaired) electrons. The molecule has 0 saturated carbocycles. The zero-order chi connectivity index (χ0) is 22.1. The molecule has 0 amide bonds. The number of fused-ring (bicyclic) bond motifs is 1. The Kier molecular flexibility index (Phi) is 5.48. The van der Waals surface area contributed by atoms with Crippen molar-refractivity contribution in [3.05, 3.63) is 77.2 Å². The first-order valence-electron chi connectivity index (χ1n) is 10.3. The molecule has 0 aliphatic heterocycles. The third kappa shape index (κ3) is 3.80. The minimum Gasteiger partial charge on any atom is -0.390 e. The van der Waals surface area contributed by atoms with Gasteiger partial charge in [0.1, 0.15) is 5.01 Å². The minimum atomic E-state index is -0.125. The van der Waals surface area contributed by atoms with Crippen LogP contribution in [0, 0.1) is 6.92 Å². The van der Waals surface area contributed by atoms with E-state index in [-0.39, 0.29) is 6.61 Å². The van der Waals surface area contributed by atoms with Crippen LogP contribution in [0.2, 0.25) is 0 Å². The largest absolute Gasteiger partial charge is 0.390 e. The first-order valence-corrected chi connectivity index (χ1v) is 11.2. The Morgan fingerprint density at radius 1 is 1.03 bits per heavy atom. The number of hydrogen-bond donors (Lipinski definition) is 2. The number of aliphatic hydroxyl groups excluding tert-OH is 1. The topological polar surface area (TPSA) is 103 Å². The van der Waals surface area contributed by atoms with E-state index in [1.165, 1.54) is 0 Å². The Bertz CT molecular complexity index is 1410. The van der Waals surface area contributed by atoms with Gasteiger partial charge in [-0.2, -0.15) is 5.10 Å². The van der Waals surface area contributed by atoms with Crippen molar-refractivity contribution >= 4 is 22.2 Å². The fourth-order valence-electron chi connectivity index (χ4n) is 3.71. The quantitative estimate of drug-likeness (QED) is 0.413. The van der Waals surface area contributed by atoms with E-state index in [0.717, 1.165) is 50.5 Å². The van der Waals surface area contributed by atoms with Gasteiger partial charge < -0.3 is 10.8 Å². The van der Waals surface area contributed by atoms with Crippen molar-refractivity contribution in [3.63, 3.8) is 0 Å². The fraction of sp³-hybridized carbons (Fsp3) is 0.167. The number of nitrogens with two attached hydrogens (primary N) is 1. The molecule has 0 unspecified atom stereocenters. The van der Waals surface area contributed by atoms with Gasteiger partial charge in [0.2, 0.25) is 0 Å². The summed E-state index contributed by atoms with van der Waals surface area (Å²) >= 11 is 1.61. The fourth-order valence-corrected chi connectivity index (χ4v) is 4.54. The number of hydrogen-bond acceptors (Lipinski definition) is 7. The van der Waals surface area contributed by atoms with Gasteiger partial charge in [-0.1, -0.05) is 12.1 Å². The van der Waals surface area contributed by atoms with Crippen molar-refractivity contribution in [2.24, 2.45) is 5.73 Å². The van der Waals surface area contributed by atoms with E-state index in [0.29, 0.717) is 18.1 Å². The highest BCUT2D eigenvalue weighted by atomic mass is 32.1. The summed E-state index contributed by atoms with van der Waals surface area (Å²) in [5.41, 5.74) is 12.0. The van der Waals surface area contributed by atoms with E-state index in [1.54, 1.807) is 22.1 Å². The number of thiazole rings is 1. The Balaban J connectivity index is 1.75. The third-order valence-electron chi connectivity index (χ3n) is 5.21. The van der Waals surface area contributed by atoms with Crippen LogP contribution in [-0.2, 0) is 13.0 Å². The highest BCUT2D eigenvalue weighted by Crippen LogP contribution is 2.36. The van der Waals surface area contributed by atoms with Crippen LogP contribution in [0.5, 0.6) is 0 Å². The lowest BCUT2D eigenvalue weighted by Gasteiger charge is -2.09. The van der Waals surface area contributed by atoms with Crippen LogP contribution < -0.4 is 5.73 Å². The monoisotopic (exact) mass is 442 g/mol. The third-order valence-corrected chi connectivity index (χ3v) is 6.21. The molecule has 7 nitrogen and oxygen atoms in total. The SMILES string of the molecule is Cc1csc(-c2cc(-c3cccc(CCN)n3)cc3c2cnn3-c2cccc(CO)n2)n1. The van der Waals surface area contributed by atoms with Gasteiger partial charge in [0, 0.05) is 39.7 Å². The predicted octanol–water partition coefficient (Wildman–Crippen LogP) is 3.91. The summed E-state index contributed by atoms with van der Waals surface area (Å²) in [5.74, 6) is 0.648. The van der Waals surface area contributed by atoms with E-state index < -0.39 is 0 Å². The van der Waals surface area contributed by atoms with E-state index in [1.807, 2.05) is 48.8 Å². The average molecular weight is 443 g/mol. The molecule has 4 aromatic heterocycles. The maximum atomic E-state index is 9.51. The van der Waals surface area contributed by atoms with Crippen LogP contribution in [0.25, 0.3) is 38.5 Å². The van der Waals surface area contributed by atoms with Crippen LogP contribution in [-0.4, -0.2) is 36.4 Å². The summed E-state index contributed by atoms with van der Waals surface area (Å²) < 4.78 is 1.80. The summed E-state index contributed by atoms with van der Waals surface area (Å²) in [5, 5.41) is 18.1. The zero-order valence-electron chi connectivity index (χ0n) is 17.6. The molecule has 4 heterocycles. The standard InChI is InChI=1S/C24H22N6OS/c1-15-14-32-24(27-15)19-10-16(21-6-2-4-17(28-21)8-9-25)11-22-20(19)12-26-30(22)23-7-3-5-18(13-31)29-23/h2-7,10-12,14,31H,8-9,13,25H2,1H3. The molecule has 32 heavy (non-hydrogen) atoms. The summed E-state index contributed by atoms with van der Waals surface area (Å²) in [7, 11) is 0. The molecule has 160 valence electrons. The molecule has 0 saturated heterocycles. The van der Waals surface area contributed by atoms with Gasteiger partial charge in [-0.25, -0.2) is 14.6 Å². The maximum Gasteiger partial charge on any atom is 0.154 e. The van der Waals surface area contributed by atoms with Gasteiger partial charge in [0.05, 0.1) is 29.7 Å². The van der Waals surface area contributed by atoms with Gasteiger partial charge in [-0.15, -0.1) is 11.3 Å². The molecule has 8 heteroatoms. The zero-order valence-corrected chi connectivity index (χ0v) is 18.4. The summed E-state index contributed by atoms with van der Waals surface area (Å²) in [4.78, 5) is 14.1. The number of nitrogens with zero attached hydrogens (tertiary/aromatic N) is 5. The van der Waals surface area contributed by atoms with Gasteiger partial charge in [0.25, 0.3) is 0 Å². The Labute approximate surface area is 189 Å². The first kappa shape index (κ1) is 20.4. The summed E-state index contributed by atoms with van der Waals surface area (Å²) in [6.45, 7) is 2.42. The number of benzene rings is 1. The Hall–Kier alpha value is -3.46. The maximum absolute atomic E-state index is 9.51. The molecule has 0 aliphatic rings. The van der Waals surface area contributed by atoms with Crippen molar-refractivity contribution in [1.29, 1.82) is 0 Å². The summed E-state index contributed by atoms with van der Waals surface area (Å²) in [6.07, 6.45) is 2.57. The van der Waals surface area contributed by atoms with Crippen LogP contribution in [0.3, 0.4) is 0 Å².